The van der Waals surface area contributed by atoms with Gasteiger partial charge in [0.1, 0.15) is 45.7 Å². The first kappa shape index (κ1) is 39.8. The van der Waals surface area contributed by atoms with E-state index in [2.05, 4.69) is 62.0 Å². The van der Waals surface area contributed by atoms with E-state index in [-0.39, 0.29) is 84.7 Å². The Balaban J connectivity index is 0.000000333. The van der Waals surface area contributed by atoms with Gasteiger partial charge >= 0.3 is 0 Å². The van der Waals surface area contributed by atoms with Gasteiger partial charge in [-0.2, -0.15) is 0 Å². The van der Waals surface area contributed by atoms with Crippen molar-refractivity contribution in [3.05, 3.63) is 104 Å². The molecule has 1 radical (unpaired) electrons. The summed E-state index contributed by atoms with van der Waals surface area (Å²) < 4.78 is 0. The van der Waals surface area contributed by atoms with Gasteiger partial charge in [0.15, 0.2) is 0 Å². The van der Waals surface area contributed by atoms with Gasteiger partial charge in [-0.3, -0.25) is 20.2 Å². The third kappa shape index (κ3) is 10.3. The second kappa shape index (κ2) is 16.6. The van der Waals surface area contributed by atoms with Gasteiger partial charge in [0.05, 0.1) is 22.0 Å². The molecule has 0 aromatic heterocycles. The van der Waals surface area contributed by atoms with E-state index in [1.165, 1.54) is 24.3 Å². The standard InChI is InChI=1S/2C17H19N3O4.Co/c2*1-4-17(2,3)11-5-8-15(21)14(9-11)19-18-13-7-6-12(20(23)24)10-16(13)22;/h2*5-10,21-22H,4H2,1-3H3;. The molecule has 261 valence electrons. The number of azo groups is 2. The molecule has 14 nitrogen and oxygen atoms in total. The van der Waals surface area contributed by atoms with Gasteiger partial charge < -0.3 is 20.4 Å². The Bertz CT molecular complexity index is 1740. The molecule has 49 heavy (non-hydrogen) atoms. The third-order valence-electron chi connectivity index (χ3n) is 8.15. The first-order chi connectivity index (χ1) is 22.5. The number of non-ortho nitro benzene ring substituents is 2. The minimum absolute atomic E-state index is 0. The van der Waals surface area contributed by atoms with Crippen LogP contribution < -0.4 is 0 Å². The van der Waals surface area contributed by atoms with Gasteiger partial charge in [0.25, 0.3) is 11.4 Å². The van der Waals surface area contributed by atoms with E-state index in [0.717, 1.165) is 36.1 Å². The van der Waals surface area contributed by atoms with E-state index in [1.807, 2.05) is 12.1 Å². The van der Waals surface area contributed by atoms with Crippen LogP contribution in [-0.4, -0.2) is 30.3 Å². The number of hydrogen-bond donors (Lipinski definition) is 4. The number of aromatic hydroxyl groups is 4. The van der Waals surface area contributed by atoms with Crippen LogP contribution in [0.3, 0.4) is 0 Å². The number of nitro benzene ring substituents is 2. The molecule has 0 atom stereocenters. The van der Waals surface area contributed by atoms with Gasteiger partial charge in [0, 0.05) is 28.9 Å². The molecule has 15 heteroatoms. The summed E-state index contributed by atoms with van der Waals surface area (Å²) in [6.45, 7) is 12.5. The van der Waals surface area contributed by atoms with E-state index < -0.39 is 9.85 Å². The van der Waals surface area contributed by atoms with Gasteiger partial charge in [-0.15, -0.1) is 20.5 Å². The molecule has 0 saturated carbocycles. The maximum atomic E-state index is 10.7. The van der Waals surface area contributed by atoms with Crippen LogP contribution >= 0.6 is 0 Å². The summed E-state index contributed by atoms with van der Waals surface area (Å²) in [5.41, 5.74) is 2.09. The summed E-state index contributed by atoms with van der Waals surface area (Å²) in [6, 6.07) is 17.3. The predicted octanol–water partition coefficient (Wildman–Crippen LogP) is 10.2. The van der Waals surface area contributed by atoms with Crippen molar-refractivity contribution in [2.45, 2.75) is 65.2 Å². The number of nitrogens with zero attached hydrogens (tertiary/aromatic N) is 6. The van der Waals surface area contributed by atoms with E-state index >= 15 is 0 Å². The summed E-state index contributed by atoms with van der Waals surface area (Å²) in [7, 11) is 0. The molecule has 0 bridgehead atoms. The maximum Gasteiger partial charge on any atom is 0.273 e. The van der Waals surface area contributed by atoms with Crippen LogP contribution in [0.15, 0.2) is 93.3 Å². The third-order valence-corrected chi connectivity index (χ3v) is 8.15. The second-order valence-corrected chi connectivity index (χ2v) is 12.1. The van der Waals surface area contributed by atoms with Crippen LogP contribution in [0.2, 0.25) is 0 Å². The van der Waals surface area contributed by atoms with Gasteiger partial charge in [-0.25, -0.2) is 0 Å². The number of rotatable bonds is 10. The maximum absolute atomic E-state index is 10.7. The van der Waals surface area contributed by atoms with Crippen LogP contribution in [0.5, 0.6) is 23.0 Å². The van der Waals surface area contributed by atoms with Crippen molar-refractivity contribution in [3.63, 3.8) is 0 Å². The average Bonchev–Trinajstić information content (AvgIpc) is 3.04. The number of benzene rings is 4. The minimum atomic E-state index is -0.608. The Morgan fingerprint density at radius 1 is 0.531 bits per heavy atom. The number of nitro groups is 2. The fraction of sp³-hybridized carbons (Fsp3) is 0.294. The molecule has 4 rings (SSSR count). The molecular formula is C34H38CoN6O8. The molecular weight excluding hydrogens is 679 g/mol. The molecule has 4 aromatic carbocycles. The van der Waals surface area contributed by atoms with Gasteiger partial charge in [-0.1, -0.05) is 53.7 Å². The van der Waals surface area contributed by atoms with Crippen LogP contribution in [0.25, 0.3) is 0 Å². The Morgan fingerprint density at radius 2 is 0.857 bits per heavy atom. The van der Waals surface area contributed by atoms with Crippen molar-refractivity contribution < 1.29 is 47.1 Å². The normalized spacial score (nSPS) is 11.6. The Hall–Kier alpha value is -5.41. The minimum Gasteiger partial charge on any atom is -0.506 e. The van der Waals surface area contributed by atoms with Gasteiger partial charge in [0.2, 0.25) is 0 Å². The smallest absolute Gasteiger partial charge is 0.273 e. The summed E-state index contributed by atoms with van der Waals surface area (Å²) in [5.74, 6) is -0.762. The Kier molecular flexibility index (Phi) is 13.5. The monoisotopic (exact) mass is 717 g/mol. The zero-order valence-electron chi connectivity index (χ0n) is 27.8. The van der Waals surface area contributed by atoms with E-state index in [1.54, 1.807) is 24.3 Å². The predicted molar refractivity (Wildman–Crippen MR) is 181 cm³/mol. The number of hydrogen-bond acceptors (Lipinski definition) is 12. The SMILES string of the molecule is CCC(C)(C)c1ccc(O)c(N=Nc2ccc([N+](=O)[O-])cc2O)c1.CCC(C)(C)c1ccc(O)c(N=Nc2ccc([N+](=O)[O-])cc2O)c1.[Co]. The van der Waals surface area contributed by atoms with Crippen molar-refractivity contribution in [3.8, 4) is 23.0 Å². The van der Waals surface area contributed by atoms with Crippen LogP contribution in [0.4, 0.5) is 34.1 Å². The number of phenols is 4. The van der Waals surface area contributed by atoms with Crippen molar-refractivity contribution in [1.29, 1.82) is 0 Å². The molecule has 0 aliphatic rings. The van der Waals surface area contributed by atoms with Crippen LogP contribution in [0, 0.1) is 20.2 Å². The first-order valence-corrected chi connectivity index (χ1v) is 14.9. The fourth-order valence-electron chi connectivity index (χ4n) is 4.09. The Labute approximate surface area is 293 Å². The van der Waals surface area contributed by atoms with E-state index in [4.69, 9.17) is 0 Å². The molecule has 4 aromatic rings. The Morgan fingerprint density at radius 3 is 1.14 bits per heavy atom. The van der Waals surface area contributed by atoms with Crippen molar-refractivity contribution in [2.24, 2.45) is 20.5 Å². The van der Waals surface area contributed by atoms with Crippen molar-refractivity contribution in [2.75, 3.05) is 0 Å². The van der Waals surface area contributed by atoms with Crippen LogP contribution in [0.1, 0.15) is 65.5 Å². The molecule has 4 N–H and O–H groups in total. The molecule has 0 fully saturated rings. The molecule has 0 heterocycles. The first-order valence-electron chi connectivity index (χ1n) is 14.9. The zero-order chi connectivity index (χ0) is 35.8. The number of phenolic OH excluding ortho intramolecular Hbond substituents is 4. The summed E-state index contributed by atoms with van der Waals surface area (Å²) in [5, 5.41) is 76.4. The molecule has 0 amide bonds. The van der Waals surface area contributed by atoms with Gasteiger partial charge in [-0.05, 0) is 71.2 Å². The zero-order valence-corrected chi connectivity index (χ0v) is 28.8. The molecule has 0 spiro atoms. The van der Waals surface area contributed by atoms with E-state index in [0.29, 0.717) is 0 Å². The van der Waals surface area contributed by atoms with E-state index in [9.17, 15) is 40.7 Å². The quantitative estimate of drug-likeness (QED) is 0.0701. The van der Waals surface area contributed by atoms with Crippen molar-refractivity contribution in [1.82, 2.24) is 0 Å². The van der Waals surface area contributed by atoms with Crippen LogP contribution in [-0.2, 0) is 27.6 Å². The second-order valence-electron chi connectivity index (χ2n) is 12.1. The molecule has 0 saturated heterocycles. The average molecular weight is 718 g/mol. The summed E-state index contributed by atoms with van der Waals surface area (Å²) in [6.07, 6.45) is 1.83. The largest absolute Gasteiger partial charge is 0.506 e. The fourth-order valence-corrected chi connectivity index (χ4v) is 4.09. The summed E-state index contributed by atoms with van der Waals surface area (Å²) >= 11 is 0. The van der Waals surface area contributed by atoms with Crippen molar-refractivity contribution >= 4 is 34.1 Å². The molecule has 0 aliphatic carbocycles. The molecule has 0 unspecified atom stereocenters. The topological polar surface area (TPSA) is 217 Å². The summed E-state index contributed by atoms with van der Waals surface area (Å²) in [4.78, 5) is 20.1. The molecule has 0 aliphatic heterocycles.